The molecule has 5 rings (SSSR count). The van der Waals surface area contributed by atoms with Gasteiger partial charge in [0.1, 0.15) is 11.4 Å². The first-order valence-electron chi connectivity index (χ1n) is 9.80. The van der Waals surface area contributed by atoms with E-state index in [0.717, 1.165) is 22.3 Å². The van der Waals surface area contributed by atoms with Crippen LogP contribution in [0.15, 0.2) is 108 Å². The van der Waals surface area contributed by atoms with Crippen molar-refractivity contribution >= 4 is 11.1 Å². The molecule has 29 heavy (non-hydrogen) atoms. The van der Waals surface area contributed by atoms with Crippen LogP contribution >= 0.6 is 0 Å². The van der Waals surface area contributed by atoms with Crippen molar-refractivity contribution in [3.63, 3.8) is 0 Å². The van der Waals surface area contributed by atoms with Crippen LogP contribution in [0.2, 0.25) is 0 Å². The Morgan fingerprint density at radius 2 is 1.55 bits per heavy atom. The smallest absolute Gasteiger partial charge is 0.226 e. The molecule has 0 radical (unpaired) electrons. The second-order valence-corrected chi connectivity index (χ2v) is 7.40. The second-order valence-electron chi connectivity index (χ2n) is 7.40. The number of allylic oxidation sites excluding steroid dienone is 2. The Morgan fingerprint density at radius 1 is 0.862 bits per heavy atom. The predicted molar refractivity (Wildman–Crippen MR) is 115 cm³/mol. The summed E-state index contributed by atoms with van der Waals surface area (Å²) in [5.41, 5.74) is 2.41. The fraction of sp³-hybridized carbons (Fsp3) is 0.115. The van der Waals surface area contributed by atoms with Gasteiger partial charge in [-0.25, -0.2) is 4.98 Å². The molecule has 0 atom stereocenters. The number of benzene rings is 2. The summed E-state index contributed by atoms with van der Waals surface area (Å²) in [5.74, 6) is 0.880. The number of aliphatic hydroxyl groups is 1. The monoisotopic (exact) mass is 379 g/mol. The average Bonchev–Trinajstić information content (AvgIpc) is 3.14. The van der Waals surface area contributed by atoms with E-state index in [2.05, 4.69) is 41.4 Å². The summed E-state index contributed by atoms with van der Waals surface area (Å²) in [6.45, 7) is 0. The zero-order valence-corrected chi connectivity index (χ0v) is 15.9. The summed E-state index contributed by atoms with van der Waals surface area (Å²) < 4.78 is 6.09. The van der Waals surface area contributed by atoms with Gasteiger partial charge in [0.05, 0.1) is 0 Å². The van der Waals surface area contributed by atoms with Crippen LogP contribution in [0.5, 0.6) is 0 Å². The molecule has 0 amide bonds. The SMILES string of the molecule is OC1(c2c(Cc3ccccc3)oc3ncccc23)C=CC(c2ccccc2)C=C1. The van der Waals surface area contributed by atoms with Crippen molar-refractivity contribution in [1.82, 2.24) is 4.98 Å². The third kappa shape index (κ3) is 3.30. The number of hydrogen-bond donors (Lipinski definition) is 1. The van der Waals surface area contributed by atoms with Crippen molar-refractivity contribution in [1.29, 1.82) is 0 Å². The first kappa shape index (κ1) is 17.7. The van der Waals surface area contributed by atoms with Crippen LogP contribution < -0.4 is 0 Å². The maximum absolute atomic E-state index is 11.6. The molecular weight excluding hydrogens is 358 g/mol. The lowest BCUT2D eigenvalue weighted by molar-refractivity contribution is 0.140. The van der Waals surface area contributed by atoms with Gasteiger partial charge < -0.3 is 9.52 Å². The zero-order chi connectivity index (χ0) is 19.7. The van der Waals surface area contributed by atoms with E-state index in [1.165, 1.54) is 5.56 Å². The number of fused-ring (bicyclic) bond motifs is 1. The highest BCUT2D eigenvalue weighted by molar-refractivity contribution is 5.81. The third-order valence-corrected chi connectivity index (χ3v) is 5.45. The van der Waals surface area contributed by atoms with E-state index in [4.69, 9.17) is 4.42 Å². The fourth-order valence-electron chi connectivity index (χ4n) is 4.01. The number of nitrogens with zero attached hydrogens (tertiary/aromatic N) is 1. The van der Waals surface area contributed by atoms with E-state index in [1.54, 1.807) is 6.20 Å². The zero-order valence-electron chi connectivity index (χ0n) is 15.9. The fourth-order valence-corrected chi connectivity index (χ4v) is 4.01. The van der Waals surface area contributed by atoms with Crippen molar-refractivity contribution in [3.05, 3.63) is 126 Å². The van der Waals surface area contributed by atoms with Crippen LogP contribution in [0.25, 0.3) is 11.1 Å². The van der Waals surface area contributed by atoms with Gasteiger partial charge in [-0.05, 0) is 35.4 Å². The molecule has 0 fully saturated rings. The minimum atomic E-state index is -1.23. The number of rotatable bonds is 4. The van der Waals surface area contributed by atoms with E-state index in [-0.39, 0.29) is 5.92 Å². The lowest BCUT2D eigenvalue weighted by Gasteiger charge is -2.26. The van der Waals surface area contributed by atoms with E-state index >= 15 is 0 Å². The Kier molecular flexibility index (Phi) is 4.38. The first-order valence-corrected chi connectivity index (χ1v) is 9.80. The van der Waals surface area contributed by atoms with Crippen molar-refractivity contribution in [2.24, 2.45) is 0 Å². The highest BCUT2D eigenvalue weighted by Gasteiger charge is 2.34. The maximum Gasteiger partial charge on any atom is 0.226 e. The Hall–Kier alpha value is -3.43. The summed E-state index contributed by atoms with van der Waals surface area (Å²) in [6.07, 6.45) is 10.2. The maximum atomic E-state index is 11.6. The lowest BCUT2D eigenvalue weighted by atomic mass is 9.82. The molecule has 2 aromatic heterocycles. The summed E-state index contributed by atoms with van der Waals surface area (Å²) in [7, 11) is 0. The standard InChI is InChI=1S/C26H21NO2/c28-26(15-13-21(14-16-26)20-10-5-2-6-11-20)24-22-12-7-17-27-25(22)29-23(24)18-19-8-3-1-4-9-19/h1-17,21,28H,18H2. The normalized spacial score (nSPS) is 20.9. The second kappa shape index (κ2) is 7.19. The summed E-state index contributed by atoms with van der Waals surface area (Å²) in [5, 5.41) is 12.4. The summed E-state index contributed by atoms with van der Waals surface area (Å²) in [6, 6.07) is 24.2. The number of pyridine rings is 1. The van der Waals surface area contributed by atoms with Crippen molar-refractivity contribution in [3.8, 4) is 0 Å². The van der Waals surface area contributed by atoms with Gasteiger partial charge in [-0.15, -0.1) is 0 Å². The molecule has 3 heteroatoms. The molecule has 2 aromatic carbocycles. The molecule has 2 heterocycles. The topological polar surface area (TPSA) is 46.3 Å². The molecule has 3 nitrogen and oxygen atoms in total. The number of aromatic nitrogens is 1. The molecule has 0 saturated heterocycles. The van der Waals surface area contributed by atoms with E-state index in [9.17, 15) is 5.11 Å². The van der Waals surface area contributed by atoms with Gasteiger partial charge in [0.15, 0.2) is 0 Å². The van der Waals surface area contributed by atoms with Crippen molar-refractivity contribution in [2.45, 2.75) is 17.9 Å². The molecule has 0 spiro atoms. The molecule has 0 unspecified atom stereocenters. The van der Waals surface area contributed by atoms with Crippen LogP contribution in [0.1, 0.15) is 28.4 Å². The van der Waals surface area contributed by atoms with Crippen LogP contribution in [0.3, 0.4) is 0 Å². The lowest BCUT2D eigenvalue weighted by Crippen LogP contribution is -2.24. The van der Waals surface area contributed by atoms with E-state index < -0.39 is 5.60 Å². The molecule has 142 valence electrons. The van der Waals surface area contributed by atoms with E-state index in [0.29, 0.717) is 12.1 Å². The molecule has 0 saturated carbocycles. The van der Waals surface area contributed by atoms with Gasteiger partial charge in [-0.1, -0.05) is 72.8 Å². The van der Waals surface area contributed by atoms with Crippen LogP contribution in [0.4, 0.5) is 0 Å². The molecular formula is C26H21NO2. The summed E-state index contributed by atoms with van der Waals surface area (Å²) in [4.78, 5) is 4.37. The molecule has 0 aliphatic heterocycles. The van der Waals surface area contributed by atoms with Gasteiger partial charge in [-0.2, -0.15) is 0 Å². The van der Waals surface area contributed by atoms with Crippen LogP contribution in [0, 0.1) is 0 Å². The molecule has 0 bridgehead atoms. The molecule has 1 aliphatic carbocycles. The first-order chi connectivity index (χ1) is 14.2. The van der Waals surface area contributed by atoms with Crippen LogP contribution in [-0.4, -0.2) is 10.1 Å². The van der Waals surface area contributed by atoms with Crippen molar-refractivity contribution in [2.75, 3.05) is 0 Å². The molecule has 4 aromatic rings. The Labute approximate surface area is 169 Å². The van der Waals surface area contributed by atoms with Crippen molar-refractivity contribution < 1.29 is 9.52 Å². The minimum absolute atomic E-state index is 0.144. The molecule has 1 N–H and O–H groups in total. The highest BCUT2D eigenvalue weighted by atomic mass is 16.3. The number of hydrogen-bond acceptors (Lipinski definition) is 3. The predicted octanol–water partition coefficient (Wildman–Crippen LogP) is 5.52. The Bertz CT molecular complexity index is 1180. The Balaban J connectivity index is 1.57. The Morgan fingerprint density at radius 3 is 2.28 bits per heavy atom. The minimum Gasteiger partial charge on any atom is -0.442 e. The average molecular weight is 379 g/mol. The van der Waals surface area contributed by atoms with Gasteiger partial charge in [0.2, 0.25) is 5.71 Å². The van der Waals surface area contributed by atoms with Gasteiger partial charge >= 0.3 is 0 Å². The number of furan rings is 1. The highest BCUT2D eigenvalue weighted by Crippen LogP contribution is 2.40. The van der Waals surface area contributed by atoms with Gasteiger partial charge in [0, 0.05) is 29.5 Å². The van der Waals surface area contributed by atoms with Crippen LogP contribution in [-0.2, 0) is 12.0 Å². The molecule has 1 aliphatic rings. The van der Waals surface area contributed by atoms with Gasteiger partial charge in [0.25, 0.3) is 0 Å². The third-order valence-electron chi connectivity index (χ3n) is 5.45. The quantitative estimate of drug-likeness (QED) is 0.475. The van der Waals surface area contributed by atoms with E-state index in [1.807, 2.05) is 60.7 Å². The summed E-state index contributed by atoms with van der Waals surface area (Å²) >= 11 is 0. The largest absolute Gasteiger partial charge is 0.442 e. The van der Waals surface area contributed by atoms with Gasteiger partial charge in [-0.3, -0.25) is 0 Å².